The van der Waals surface area contributed by atoms with Crippen LogP contribution in [0.1, 0.15) is 11.4 Å². The number of anilines is 1. The maximum atomic E-state index is 12.4. The third kappa shape index (κ3) is 5.56. The van der Waals surface area contributed by atoms with Crippen LogP contribution in [-0.2, 0) is 17.6 Å². The highest BCUT2D eigenvalue weighted by molar-refractivity contribution is 7.99. The van der Waals surface area contributed by atoms with Gasteiger partial charge in [-0.15, -0.1) is 10.2 Å². The van der Waals surface area contributed by atoms with Crippen molar-refractivity contribution >= 4 is 23.4 Å². The van der Waals surface area contributed by atoms with Crippen molar-refractivity contribution < 1.29 is 9.53 Å². The average Bonchev–Trinajstić information content (AvgIpc) is 3.25. The van der Waals surface area contributed by atoms with Gasteiger partial charge in [-0.25, -0.2) is 0 Å². The Morgan fingerprint density at radius 1 is 0.906 bits per heavy atom. The van der Waals surface area contributed by atoms with Crippen LogP contribution in [0.2, 0.25) is 0 Å². The zero-order valence-electron chi connectivity index (χ0n) is 17.8. The molecule has 4 rings (SSSR count). The van der Waals surface area contributed by atoms with Crippen LogP contribution in [0.15, 0.2) is 90.1 Å². The van der Waals surface area contributed by atoms with E-state index in [9.17, 15) is 4.79 Å². The molecule has 1 aromatic heterocycles. The van der Waals surface area contributed by atoms with Gasteiger partial charge in [0.1, 0.15) is 11.6 Å². The topological polar surface area (TPSA) is 69.0 Å². The van der Waals surface area contributed by atoms with E-state index in [1.54, 1.807) is 7.11 Å². The molecule has 1 N–H and O–H groups in total. The molecule has 0 unspecified atom stereocenters. The van der Waals surface area contributed by atoms with Crippen LogP contribution in [0, 0.1) is 0 Å². The van der Waals surface area contributed by atoms with Gasteiger partial charge in [0.05, 0.1) is 12.9 Å². The minimum atomic E-state index is -0.0867. The van der Waals surface area contributed by atoms with Crippen molar-refractivity contribution in [2.45, 2.75) is 18.0 Å². The number of methoxy groups -OCH3 is 1. The van der Waals surface area contributed by atoms with Crippen molar-refractivity contribution in [1.29, 1.82) is 0 Å². The zero-order valence-corrected chi connectivity index (χ0v) is 18.6. The SMILES string of the molecule is COc1ccc(-n2c(CCc3ccccc3)nnc2SCC(=O)Nc2ccccc2)cc1. The molecule has 6 nitrogen and oxygen atoms in total. The smallest absolute Gasteiger partial charge is 0.234 e. The number of aromatic nitrogens is 3. The number of nitrogens with one attached hydrogen (secondary N) is 1. The molecule has 0 radical (unpaired) electrons. The van der Waals surface area contributed by atoms with Gasteiger partial charge in [-0.2, -0.15) is 0 Å². The van der Waals surface area contributed by atoms with E-state index in [0.717, 1.165) is 35.8 Å². The summed E-state index contributed by atoms with van der Waals surface area (Å²) in [6, 6.07) is 27.5. The van der Waals surface area contributed by atoms with Crippen molar-refractivity contribution in [2.75, 3.05) is 18.2 Å². The molecule has 0 aliphatic heterocycles. The largest absolute Gasteiger partial charge is 0.497 e. The van der Waals surface area contributed by atoms with Gasteiger partial charge in [-0.05, 0) is 48.4 Å². The Morgan fingerprint density at radius 3 is 2.28 bits per heavy atom. The van der Waals surface area contributed by atoms with Crippen molar-refractivity contribution in [3.8, 4) is 11.4 Å². The minimum absolute atomic E-state index is 0.0867. The molecule has 0 atom stereocenters. The molecule has 0 aliphatic carbocycles. The molecule has 0 aliphatic rings. The molecule has 1 amide bonds. The molecular formula is C25H24N4O2S. The summed E-state index contributed by atoms with van der Waals surface area (Å²) in [4.78, 5) is 12.4. The van der Waals surface area contributed by atoms with Gasteiger partial charge in [0.25, 0.3) is 0 Å². The van der Waals surface area contributed by atoms with E-state index in [4.69, 9.17) is 4.74 Å². The Morgan fingerprint density at radius 2 is 1.59 bits per heavy atom. The molecule has 0 bridgehead atoms. The van der Waals surface area contributed by atoms with Crippen LogP contribution in [0.25, 0.3) is 5.69 Å². The summed E-state index contributed by atoms with van der Waals surface area (Å²) in [5.41, 5.74) is 2.95. The van der Waals surface area contributed by atoms with Crippen LogP contribution in [0.5, 0.6) is 5.75 Å². The monoisotopic (exact) mass is 444 g/mol. The predicted octanol–water partition coefficient (Wildman–Crippen LogP) is 4.79. The number of aryl methyl sites for hydroxylation is 2. The number of nitrogens with zero attached hydrogens (tertiary/aromatic N) is 3. The van der Waals surface area contributed by atoms with Gasteiger partial charge in [0.15, 0.2) is 5.16 Å². The van der Waals surface area contributed by atoms with Crippen molar-refractivity contribution in [3.63, 3.8) is 0 Å². The summed E-state index contributed by atoms with van der Waals surface area (Å²) < 4.78 is 7.31. The molecule has 32 heavy (non-hydrogen) atoms. The second-order valence-corrected chi connectivity index (χ2v) is 8.06. The third-order valence-electron chi connectivity index (χ3n) is 4.90. The number of ether oxygens (including phenoxy) is 1. The van der Waals surface area contributed by atoms with Crippen LogP contribution >= 0.6 is 11.8 Å². The second-order valence-electron chi connectivity index (χ2n) is 7.12. The number of benzene rings is 3. The second kappa shape index (κ2) is 10.6. The van der Waals surface area contributed by atoms with E-state index >= 15 is 0 Å². The number of hydrogen-bond donors (Lipinski definition) is 1. The molecule has 162 valence electrons. The molecule has 4 aromatic rings. The van der Waals surface area contributed by atoms with Gasteiger partial charge < -0.3 is 10.1 Å². The Hall–Kier alpha value is -3.58. The fourth-order valence-electron chi connectivity index (χ4n) is 3.30. The van der Waals surface area contributed by atoms with E-state index in [1.807, 2.05) is 77.4 Å². The average molecular weight is 445 g/mol. The van der Waals surface area contributed by atoms with Gasteiger partial charge in [0, 0.05) is 17.8 Å². The fraction of sp³-hybridized carbons (Fsp3) is 0.160. The predicted molar refractivity (Wildman–Crippen MR) is 128 cm³/mol. The van der Waals surface area contributed by atoms with E-state index < -0.39 is 0 Å². The number of thioether (sulfide) groups is 1. The zero-order chi connectivity index (χ0) is 22.2. The normalized spacial score (nSPS) is 10.7. The number of carbonyl (C=O) groups is 1. The van der Waals surface area contributed by atoms with Crippen LogP contribution in [0.3, 0.4) is 0 Å². The number of carbonyl (C=O) groups excluding carboxylic acids is 1. The summed E-state index contributed by atoms with van der Waals surface area (Å²) in [6.07, 6.45) is 1.59. The lowest BCUT2D eigenvalue weighted by Gasteiger charge is -2.11. The first kappa shape index (κ1) is 21.6. The van der Waals surface area contributed by atoms with Crippen LogP contribution in [-0.4, -0.2) is 33.5 Å². The molecule has 0 saturated heterocycles. The van der Waals surface area contributed by atoms with E-state index in [1.165, 1.54) is 17.3 Å². The first-order valence-corrected chi connectivity index (χ1v) is 11.3. The lowest BCUT2D eigenvalue weighted by atomic mass is 10.1. The van der Waals surface area contributed by atoms with Gasteiger partial charge in [0.2, 0.25) is 5.91 Å². The van der Waals surface area contributed by atoms with Crippen molar-refractivity contribution in [1.82, 2.24) is 14.8 Å². The third-order valence-corrected chi connectivity index (χ3v) is 5.83. The molecule has 7 heteroatoms. The van der Waals surface area contributed by atoms with Crippen LogP contribution < -0.4 is 10.1 Å². The molecule has 1 heterocycles. The number of rotatable bonds is 9. The Bertz CT molecular complexity index is 1150. The Balaban J connectivity index is 1.52. The van der Waals surface area contributed by atoms with Crippen molar-refractivity contribution in [2.24, 2.45) is 0 Å². The minimum Gasteiger partial charge on any atom is -0.497 e. The van der Waals surface area contributed by atoms with Crippen molar-refractivity contribution in [3.05, 3.63) is 96.3 Å². The number of para-hydroxylation sites is 1. The van der Waals surface area contributed by atoms with E-state index in [2.05, 4.69) is 27.6 Å². The summed E-state index contributed by atoms with van der Waals surface area (Å²) in [7, 11) is 1.64. The quantitative estimate of drug-likeness (QED) is 0.376. The van der Waals surface area contributed by atoms with Gasteiger partial charge >= 0.3 is 0 Å². The van der Waals surface area contributed by atoms with E-state index in [0.29, 0.717) is 5.16 Å². The van der Waals surface area contributed by atoms with E-state index in [-0.39, 0.29) is 11.7 Å². The highest BCUT2D eigenvalue weighted by atomic mass is 32.2. The summed E-state index contributed by atoms with van der Waals surface area (Å²) in [5.74, 6) is 1.78. The summed E-state index contributed by atoms with van der Waals surface area (Å²) >= 11 is 1.37. The molecule has 0 spiro atoms. The fourth-order valence-corrected chi connectivity index (χ4v) is 4.07. The standard InChI is InChI=1S/C25H24N4O2S/c1-31-22-15-13-21(14-16-22)29-23(17-12-19-8-4-2-5-9-19)27-28-25(29)32-18-24(30)26-20-10-6-3-7-11-20/h2-11,13-16H,12,17-18H2,1H3,(H,26,30). The maximum absolute atomic E-state index is 12.4. The highest BCUT2D eigenvalue weighted by Gasteiger charge is 2.16. The van der Waals surface area contributed by atoms with Gasteiger partial charge in [-0.3, -0.25) is 9.36 Å². The maximum Gasteiger partial charge on any atom is 0.234 e. The lowest BCUT2D eigenvalue weighted by Crippen LogP contribution is -2.14. The number of hydrogen-bond acceptors (Lipinski definition) is 5. The summed E-state index contributed by atoms with van der Waals surface area (Å²) in [5, 5.41) is 12.4. The Kier molecular flexibility index (Phi) is 7.19. The van der Waals surface area contributed by atoms with Crippen LogP contribution in [0.4, 0.5) is 5.69 Å². The number of amides is 1. The molecule has 0 saturated carbocycles. The lowest BCUT2D eigenvalue weighted by molar-refractivity contribution is -0.113. The molecule has 3 aromatic carbocycles. The Labute approximate surface area is 191 Å². The highest BCUT2D eigenvalue weighted by Crippen LogP contribution is 2.25. The molecular weight excluding hydrogens is 420 g/mol. The van der Waals surface area contributed by atoms with Gasteiger partial charge in [-0.1, -0.05) is 60.3 Å². The first-order valence-electron chi connectivity index (χ1n) is 10.3. The molecule has 0 fully saturated rings. The summed E-state index contributed by atoms with van der Waals surface area (Å²) in [6.45, 7) is 0. The first-order chi connectivity index (χ1) is 15.7.